The molecule has 0 aromatic carbocycles. The van der Waals surface area contributed by atoms with Gasteiger partial charge in [-0.3, -0.25) is 4.79 Å². The zero-order valence-corrected chi connectivity index (χ0v) is 11.7. The summed E-state index contributed by atoms with van der Waals surface area (Å²) in [4.78, 5) is 14.0. The number of thiophene rings is 1. The summed E-state index contributed by atoms with van der Waals surface area (Å²) in [6.45, 7) is 2.95. The van der Waals surface area contributed by atoms with Crippen LogP contribution in [0.3, 0.4) is 0 Å². The van der Waals surface area contributed by atoms with E-state index < -0.39 is 0 Å². The van der Waals surface area contributed by atoms with Crippen molar-refractivity contribution >= 4 is 27.9 Å². The molecular weight excluding hydrogens is 248 g/mol. The third kappa shape index (κ3) is 2.74. The number of amides is 1. The first-order chi connectivity index (χ1) is 8.56. The van der Waals surface area contributed by atoms with Crippen molar-refractivity contribution in [1.82, 2.24) is 5.32 Å². The molecule has 0 aliphatic carbocycles. The average Bonchev–Trinajstić information content (AvgIpc) is 2.72. The lowest BCUT2D eigenvalue weighted by Crippen LogP contribution is -2.18. The van der Waals surface area contributed by atoms with Crippen molar-refractivity contribution in [1.29, 1.82) is 5.26 Å². The number of nitrogen functional groups attached to an aromatic ring is 1. The second-order valence-electron chi connectivity index (χ2n) is 3.99. The SMILES string of the molecule is CCCCN(C)c1sc(C(=O)NC)c(N)c1C#N. The van der Waals surface area contributed by atoms with E-state index in [1.165, 1.54) is 11.3 Å². The van der Waals surface area contributed by atoms with Crippen LogP contribution in [0.15, 0.2) is 0 Å². The summed E-state index contributed by atoms with van der Waals surface area (Å²) in [6, 6.07) is 2.08. The number of unbranched alkanes of at least 4 members (excludes halogenated alkanes) is 1. The molecule has 0 bridgehead atoms. The molecule has 0 fully saturated rings. The molecule has 3 N–H and O–H groups in total. The van der Waals surface area contributed by atoms with Crippen molar-refractivity contribution in [3.63, 3.8) is 0 Å². The number of nitrogens with zero attached hydrogens (tertiary/aromatic N) is 2. The summed E-state index contributed by atoms with van der Waals surface area (Å²) in [6.07, 6.45) is 2.11. The Bertz CT molecular complexity index is 475. The molecule has 0 atom stereocenters. The lowest BCUT2D eigenvalue weighted by Gasteiger charge is -2.16. The number of carbonyl (C=O) groups is 1. The summed E-state index contributed by atoms with van der Waals surface area (Å²) in [5.74, 6) is -0.246. The first-order valence-electron chi connectivity index (χ1n) is 5.82. The quantitative estimate of drug-likeness (QED) is 0.851. The van der Waals surface area contributed by atoms with Gasteiger partial charge in [0.05, 0.1) is 5.69 Å². The Hall–Kier alpha value is -1.74. The van der Waals surface area contributed by atoms with Crippen molar-refractivity contribution in [3.05, 3.63) is 10.4 Å². The highest BCUT2D eigenvalue weighted by Crippen LogP contribution is 2.37. The number of nitrogens with two attached hydrogens (primary N) is 1. The highest BCUT2D eigenvalue weighted by molar-refractivity contribution is 7.19. The molecule has 0 radical (unpaired) electrons. The van der Waals surface area contributed by atoms with Crippen LogP contribution in [0.25, 0.3) is 0 Å². The molecule has 0 saturated carbocycles. The van der Waals surface area contributed by atoms with Crippen LogP contribution in [0, 0.1) is 11.3 Å². The Morgan fingerprint density at radius 3 is 2.78 bits per heavy atom. The minimum atomic E-state index is -0.246. The second kappa shape index (κ2) is 6.26. The Labute approximate surface area is 111 Å². The van der Waals surface area contributed by atoms with Gasteiger partial charge in [0.15, 0.2) is 0 Å². The summed E-state index contributed by atoms with van der Waals surface area (Å²) in [5, 5.41) is 12.5. The maximum atomic E-state index is 11.6. The molecule has 98 valence electrons. The van der Waals surface area contributed by atoms with E-state index in [2.05, 4.69) is 18.3 Å². The third-order valence-corrected chi connectivity index (χ3v) is 3.98. The molecule has 1 amide bonds. The molecule has 0 spiro atoms. The van der Waals surface area contributed by atoms with Gasteiger partial charge in [0, 0.05) is 20.6 Å². The Balaban J connectivity index is 3.12. The van der Waals surface area contributed by atoms with E-state index in [1.807, 2.05) is 11.9 Å². The number of carbonyl (C=O) groups excluding carboxylic acids is 1. The Morgan fingerprint density at radius 1 is 1.61 bits per heavy atom. The van der Waals surface area contributed by atoms with Crippen LogP contribution in [0.2, 0.25) is 0 Å². The van der Waals surface area contributed by atoms with Crippen LogP contribution in [0.4, 0.5) is 10.7 Å². The molecule has 1 aromatic rings. The van der Waals surface area contributed by atoms with Crippen LogP contribution in [0.1, 0.15) is 35.0 Å². The predicted octanol–water partition coefficient (Wildman–Crippen LogP) is 1.80. The summed E-state index contributed by atoms with van der Waals surface area (Å²) >= 11 is 1.27. The number of rotatable bonds is 5. The van der Waals surface area contributed by atoms with E-state index in [0.717, 1.165) is 24.4 Å². The van der Waals surface area contributed by atoms with Crippen LogP contribution >= 0.6 is 11.3 Å². The van der Waals surface area contributed by atoms with Gasteiger partial charge in [0.1, 0.15) is 21.5 Å². The first-order valence-corrected chi connectivity index (χ1v) is 6.64. The molecule has 1 aromatic heterocycles. The average molecular weight is 266 g/mol. The van der Waals surface area contributed by atoms with E-state index in [4.69, 9.17) is 11.0 Å². The molecule has 0 saturated heterocycles. The fourth-order valence-electron chi connectivity index (χ4n) is 1.59. The highest BCUT2D eigenvalue weighted by atomic mass is 32.1. The molecule has 6 heteroatoms. The van der Waals surface area contributed by atoms with Gasteiger partial charge in [-0.15, -0.1) is 11.3 Å². The maximum Gasteiger partial charge on any atom is 0.263 e. The predicted molar refractivity (Wildman–Crippen MR) is 75.0 cm³/mol. The van der Waals surface area contributed by atoms with Gasteiger partial charge in [-0.1, -0.05) is 13.3 Å². The molecule has 5 nitrogen and oxygen atoms in total. The molecule has 18 heavy (non-hydrogen) atoms. The molecule has 0 unspecified atom stereocenters. The van der Waals surface area contributed by atoms with Crippen molar-refractivity contribution in [2.45, 2.75) is 19.8 Å². The zero-order chi connectivity index (χ0) is 13.7. The third-order valence-electron chi connectivity index (χ3n) is 2.67. The zero-order valence-electron chi connectivity index (χ0n) is 10.9. The van der Waals surface area contributed by atoms with Crippen molar-refractivity contribution in [3.8, 4) is 6.07 Å². The molecule has 1 heterocycles. The van der Waals surface area contributed by atoms with Crippen LogP contribution in [-0.4, -0.2) is 26.5 Å². The number of nitriles is 1. The van der Waals surface area contributed by atoms with Gasteiger partial charge in [-0.2, -0.15) is 5.26 Å². The van der Waals surface area contributed by atoms with E-state index in [0.29, 0.717) is 10.4 Å². The van der Waals surface area contributed by atoms with Gasteiger partial charge in [0.2, 0.25) is 0 Å². The van der Waals surface area contributed by atoms with E-state index in [9.17, 15) is 4.79 Å². The van der Waals surface area contributed by atoms with Crippen molar-refractivity contribution in [2.75, 3.05) is 31.3 Å². The molecule has 1 rings (SSSR count). The smallest absolute Gasteiger partial charge is 0.263 e. The number of hydrogen-bond donors (Lipinski definition) is 2. The maximum absolute atomic E-state index is 11.6. The monoisotopic (exact) mass is 266 g/mol. The topological polar surface area (TPSA) is 82.2 Å². The van der Waals surface area contributed by atoms with Gasteiger partial charge < -0.3 is 16.0 Å². The molecule has 0 aliphatic heterocycles. The summed E-state index contributed by atoms with van der Waals surface area (Å²) in [5.41, 5.74) is 6.54. The van der Waals surface area contributed by atoms with Crippen molar-refractivity contribution < 1.29 is 4.79 Å². The Kier molecular flexibility index (Phi) is 4.98. The number of nitrogens with one attached hydrogen (secondary N) is 1. The van der Waals surface area contributed by atoms with E-state index in [-0.39, 0.29) is 11.6 Å². The molecule has 0 aliphatic rings. The fourth-order valence-corrected chi connectivity index (χ4v) is 2.69. The fraction of sp³-hybridized carbons (Fsp3) is 0.500. The summed E-state index contributed by atoms with van der Waals surface area (Å²) < 4.78 is 0. The van der Waals surface area contributed by atoms with Crippen LogP contribution < -0.4 is 16.0 Å². The standard InChI is InChI=1S/C12H18N4OS/c1-4-5-6-16(3)12-8(7-13)9(14)10(18-12)11(17)15-2/h4-6,14H2,1-3H3,(H,15,17). The minimum absolute atomic E-state index is 0.246. The van der Waals surface area contributed by atoms with Gasteiger partial charge in [-0.05, 0) is 6.42 Å². The van der Waals surface area contributed by atoms with E-state index >= 15 is 0 Å². The van der Waals surface area contributed by atoms with Gasteiger partial charge >= 0.3 is 0 Å². The van der Waals surface area contributed by atoms with E-state index in [1.54, 1.807) is 7.05 Å². The number of anilines is 2. The van der Waals surface area contributed by atoms with Crippen LogP contribution in [0.5, 0.6) is 0 Å². The first kappa shape index (κ1) is 14.3. The van der Waals surface area contributed by atoms with Gasteiger partial charge in [-0.25, -0.2) is 0 Å². The highest BCUT2D eigenvalue weighted by Gasteiger charge is 2.22. The van der Waals surface area contributed by atoms with Gasteiger partial charge in [0.25, 0.3) is 5.91 Å². The summed E-state index contributed by atoms with van der Waals surface area (Å²) in [7, 11) is 3.46. The Morgan fingerprint density at radius 2 is 2.28 bits per heavy atom. The largest absolute Gasteiger partial charge is 0.396 e. The number of hydrogen-bond acceptors (Lipinski definition) is 5. The van der Waals surface area contributed by atoms with Crippen LogP contribution in [-0.2, 0) is 0 Å². The molecular formula is C12H18N4OS. The minimum Gasteiger partial charge on any atom is -0.396 e. The lowest BCUT2D eigenvalue weighted by molar-refractivity contribution is 0.0968. The lowest BCUT2D eigenvalue weighted by atomic mass is 10.2. The second-order valence-corrected chi connectivity index (χ2v) is 4.99. The normalized spacial score (nSPS) is 9.89. The van der Waals surface area contributed by atoms with Crippen molar-refractivity contribution in [2.24, 2.45) is 0 Å².